The Balaban J connectivity index is 0.000000205. The van der Waals surface area contributed by atoms with E-state index in [4.69, 9.17) is 19.9 Å². The maximum Gasteiger partial charge on any atom is 0.309 e. The van der Waals surface area contributed by atoms with Gasteiger partial charge < -0.3 is 35.3 Å². The number of esters is 1. The Hall–Kier alpha value is -6.87. The highest BCUT2D eigenvalue weighted by atomic mass is 32.2. The number of fused-ring (bicyclic) bond motifs is 12. The molecule has 0 aromatic heterocycles. The Bertz CT molecular complexity index is 4730. The van der Waals surface area contributed by atoms with Crippen LogP contribution in [0, 0.1) is 61.1 Å². The summed E-state index contributed by atoms with van der Waals surface area (Å²) in [6.45, 7) is 5.38. The molecule has 0 saturated heterocycles. The minimum absolute atomic E-state index is 0. The van der Waals surface area contributed by atoms with Crippen molar-refractivity contribution in [1.29, 1.82) is 0 Å². The lowest BCUT2D eigenvalue weighted by Crippen LogP contribution is -2.48. The Labute approximate surface area is 733 Å². The zero-order chi connectivity index (χ0) is 85.6. The number of Topliss-reactive ketones (excluding diaryl/α,β-unsaturated/α-hetero) is 3. The summed E-state index contributed by atoms with van der Waals surface area (Å²) in [4.78, 5) is 63.3. The minimum Gasteiger partial charge on any atom is -0.508 e. The van der Waals surface area contributed by atoms with Gasteiger partial charge in [0.2, 0.25) is 0 Å². The lowest BCUT2D eigenvalue weighted by molar-refractivity contribution is -0.158. The fraction of sp³-hybridized carbons (Fsp3) is 0.660. The largest absolute Gasteiger partial charge is 0.508 e. The van der Waals surface area contributed by atoms with Crippen LogP contribution in [0.3, 0.4) is 0 Å². The third-order valence-electron chi connectivity index (χ3n) is 30.2. The van der Waals surface area contributed by atoms with E-state index in [1.54, 1.807) is 69.3 Å². The number of hydrogen-bond donors (Lipinski definition) is 4. The lowest BCUT2D eigenvalue weighted by Gasteiger charge is -2.53. The molecule has 8 bridgehead atoms. The fourth-order valence-corrected chi connectivity index (χ4v) is 28.9. The molecule has 15 saturated carbocycles. The molecule has 0 heterocycles. The van der Waals surface area contributed by atoms with Crippen LogP contribution in [-0.4, -0.2) is 127 Å². The molecule has 123 heavy (non-hydrogen) atoms. The normalized spacial score (nSPS) is 27.8. The van der Waals surface area contributed by atoms with Crippen LogP contribution in [-0.2, 0) is 68.1 Å². The molecule has 0 spiro atoms. The molecule has 0 aliphatic heterocycles. The van der Waals surface area contributed by atoms with E-state index in [-0.39, 0.29) is 154 Å². The molecule has 4 aromatic rings. The third-order valence-corrected chi connectivity index (χ3v) is 38.1. The Kier molecular flexibility index (Phi) is 33.9. The van der Waals surface area contributed by atoms with Gasteiger partial charge in [0.05, 0.1) is 60.7 Å². The summed E-state index contributed by atoms with van der Waals surface area (Å²) >= 11 is 0. The van der Waals surface area contributed by atoms with E-state index in [0.717, 1.165) is 128 Å². The number of carboxylic acids is 1. The smallest absolute Gasteiger partial charge is 0.309 e. The number of phenolic OH excluding ortho intramolecular Hbond substituents is 2. The second-order valence-corrected chi connectivity index (χ2v) is 47.0. The summed E-state index contributed by atoms with van der Waals surface area (Å²) in [5, 5.41) is 28.1. The number of carboxylic acid groups (broad SMARTS) is 1. The van der Waals surface area contributed by atoms with E-state index >= 15 is 0 Å². The zero-order valence-electron chi connectivity index (χ0n) is 69.8. The number of halogens is 2. The van der Waals surface area contributed by atoms with Crippen molar-refractivity contribution in [3.63, 3.8) is 0 Å². The number of phenols is 2. The molecule has 0 atom stereocenters. The van der Waals surface area contributed by atoms with Gasteiger partial charge in [0.25, 0.3) is 0 Å². The van der Waals surface area contributed by atoms with Crippen LogP contribution in [0.25, 0.3) is 0 Å². The molecule has 26 heteroatoms. The van der Waals surface area contributed by atoms with Crippen molar-refractivity contribution in [2.24, 2.45) is 66.8 Å². The van der Waals surface area contributed by atoms with Crippen molar-refractivity contribution in [3.05, 3.63) is 121 Å². The van der Waals surface area contributed by atoms with Crippen LogP contribution < -0.4 is 15.2 Å². The lowest BCUT2D eigenvalue weighted by atomic mass is 9.52. The van der Waals surface area contributed by atoms with Crippen LogP contribution in [0.4, 0.5) is 8.78 Å². The Morgan fingerprint density at radius 2 is 0.634 bits per heavy atom. The average molecular weight is 1790 g/mol. The second-order valence-electron chi connectivity index (χ2n) is 39.1. The molecule has 15 fully saturated rings. The van der Waals surface area contributed by atoms with E-state index < -0.39 is 62.3 Å². The first-order valence-electron chi connectivity index (χ1n) is 43.5. The van der Waals surface area contributed by atoms with Gasteiger partial charge >= 0.3 is 11.9 Å². The standard InChI is InChI=1S/C31H43FO6S.C25H34FNO4S.C21H28O4S.C16H20O5S.4CH4/c1-29(2,3)38-28(34)12-7-24(20-32)21-37-25-8-10-26(11-9-25)39(35,36)22-30-13-16-31(17-14-30,18-15-30)27(33)19-23-5-4-6-23;26-15-20(16-27)17-31-21-4-6-22(7-5-21)32(29,30)18-24-8-11-25(12-9-24,13-10-24)23(28)14-19-2-1-3-19;22-17-4-6-18(7-5-17)26(24,25)15-20-8-11-21(12-9-20,13-10-20)19(23)14-16-2-1-3-16;17-12-1-3-13(4-2-12)22(20,21)11-15-5-8-16(9-6-15,10-7-15)14(18)19;;;;/h8-11,20,23H,4-7,12-19,21-22H2,1-3H3;4-7,15,19H,1-3,8-14,16-18,27H2;4-7,16,22H,1-3,8-15H2;1-4,17H,5-11H2,(H,18,19);4*1H4/b24-20+;20-15+;;;;;;. The first-order valence-corrected chi connectivity index (χ1v) is 50.1. The highest BCUT2D eigenvalue weighted by Crippen LogP contribution is 2.63. The summed E-state index contributed by atoms with van der Waals surface area (Å²) in [6.07, 6.45) is 32.9. The minimum atomic E-state index is -3.51. The van der Waals surface area contributed by atoms with E-state index in [0.29, 0.717) is 115 Å². The number of carbonyl (C=O) groups is 5. The number of benzene rings is 4. The number of aromatic hydroxyl groups is 2. The highest BCUT2D eigenvalue weighted by molar-refractivity contribution is 7.92. The van der Waals surface area contributed by atoms with Crippen LogP contribution >= 0.6 is 0 Å². The number of aliphatic carboxylic acids is 1. The Morgan fingerprint density at radius 1 is 0.390 bits per heavy atom. The average Bonchev–Trinajstić information content (AvgIpc) is 0.761. The molecule has 0 unspecified atom stereocenters. The monoisotopic (exact) mass is 1790 g/mol. The summed E-state index contributed by atoms with van der Waals surface area (Å²) in [5.74, 6) is 3.44. The molecular weight excluding hydrogens is 1650 g/mol. The maximum absolute atomic E-state index is 13.3. The predicted octanol–water partition coefficient (Wildman–Crippen LogP) is 21.1. The van der Waals surface area contributed by atoms with E-state index in [2.05, 4.69) is 0 Å². The molecule has 20 nitrogen and oxygen atoms in total. The van der Waals surface area contributed by atoms with Crippen LogP contribution in [0.15, 0.2) is 140 Å². The predicted molar refractivity (Wildman–Crippen MR) is 477 cm³/mol. The van der Waals surface area contributed by atoms with E-state index in [1.807, 2.05) is 0 Å². The fourth-order valence-electron chi connectivity index (χ4n) is 21.1. The first kappa shape index (κ1) is 102. The topological polar surface area (TPSA) is 336 Å². The molecule has 0 amide bonds. The number of sulfone groups is 4. The van der Waals surface area contributed by atoms with Crippen LogP contribution in [0.2, 0.25) is 0 Å². The molecular formula is C97H141F2NO19S4. The number of carbonyl (C=O) groups excluding carboxylic acids is 4. The number of rotatable bonds is 32. The summed E-state index contributed by atoms with van der Waals surface area (Å²) in [5.41, 5.74) is 3.38. The van der Waals surface area contributed by atoms with Gasteiger partial charge in [-0.05, 0) is 323 Å². The third kappa shape index (κ3) is 24.5. The second kappa shape index (κ2) is 41.1. The first-order chi connectivity index (χ1) is 56.2. The molecule has 0 radical (unpaired) electrons. The van der Waals surface area contributed by atoms with Crippen molar-refractivity contribution in [2.45, 2.75) is 320 Å². The highest BCUT2D eigenvalue weighted by Gasteiger charge is 2.58. The number of ether oxygens (including phenoxy) is 3. The number of nitrogens with two attached hydrogens (primary N) is 1. The quantitative estimate of drug-likeness (QED) is 0.0330. The summed E-state index contributed by atoms with van der Waals surface area (Å²) < 4.78 is 146. The number of hydrogen-bond acceptors (Lipinski definition) is 19. The number of ketones is 3. The molecule has 5 N–H and O–H groups in total. The van der Waals surface area contributed by atoms with Crippen molar-refractivity contribution in [2.75, 3.05) is 42.8 Å². The molecule has 15 aliphatic carbocycles. The van der Waals surface area contributed by atoms with Gasteiger partial charge in [0.15, 0.2) is 39.3 Å². The van der Waals surface area contributed by atoms with Crippen LogP contribution in [0.1, 0.15) is 294 Å². The SMILES string of the molecule is C.C.C.C.CC(C)(C)OC(=O)CC/C(=C\F)COc1ccc(S(=O)(=O)CC23CCC(C(=O)CC4CCC4)(CC2)CC3)cc1.NC/C(=C\F)COc1ccc(S(=O)(=O)CC23CCC(C(=O)CC4CCC4)(CC2)CC3)cc1.O=C(CC1CCC1)C12CCC(CS(=O)(=O)c3ccc(O)cc3)(CC1)CC2.O=C(O)C12CCC(CS(=O)(=O)c3ccc(O)cc3)(CC1)CC2. The van der Waals surface area contributed by atoms with Crippen LogP contribution in [0.5, 0.6) is 23.0 Å². The summed E-state index contributed by atoms with van der Waals surface area (Å²) in [6, 6.07) is 24.0. The van der Waals surface area contributed by atoms with Crippen molar-refractivity contribution in [3.8, 4) is 23.0 Å². The zero-order valence-corrected chi connectivity index (χ0v) is 73.1. The molecule has 686 valence electrons. The van der Waals surface area contributed by atoms with Gasteiger partial charge in [-0.2, -0.15) is 0 Å². The van der Waals surface area contributed by atoms with Gasteiger partial charge in [-0.25, -0.2) is 42.5 Å². The van der Waals surface area contributed by atoms with Gasteiger partial charge in [0, 0.05) is 54.0 Å². The van der Waals surface area contributed by atoms with Crippen molar-refractivity contribution >= 4 is 68.6 Å². The van der Waals surface area contributed by atoms with Crippen molar-refractivity contribution in [1.82, 2.24) is 0 Å². The van der Waals surface area contributed by atoms with Gasteiger partial charge in [-0.3, -0.25) is 24.0 Å². The Morgan fingerprint density at radius 3 is 0.854 bits per heavy atom. The van der Waals surface area contributed by atoms with Gasteiger partial charge in [-0.15, -0.1) is 0 Å². The van der Waals surface area contributed by atoms with E-state index in [9.17, 15) is 81.7 Å². The summed E-state index contributed by atoms with van der Waals surface area (Å²) in [7, 11) is -13.8. The van der Waals surface area contributed by atoms with Gasteiger partial charge in [0.1, 0.15) is 59.2 Å². The molecule has 19 rings (SSSR count). The molecule has 15 aliphatic rings. The van der Waals surface area contributed by atoms with Gasteiger partial charge in [-0.1, -0.05) is 87.5 Å². The van der Waals surface area contributed by atoms with Crippen molar-refractivity contribution < 1.29 is 96.0 Å². The maximum atomic E-state index is 13.3. The van der Waals surface area contributed by atoms with E-state index in [1.165, 1.54) is 106 Å². The molecule has 4 aromatic carbocycles.